The Bertz CT molecular complexity index is 441. The molecule has 0 unspecified atom stereocenters. The Morgan fingerprint density at radius 2 is 2.00 bits per heavy atom. The van der Waals surface area contributed by atoms with Crippen LogP contribution in [0.2, 0.25) is 0 Å². The van der Waals surface area contributed by atoms with Crippen LogP contribution in [-0.4, -0.2) is 15.7 Å². The third-order valence-electron chi connectivity index (χ3n) is 1.60. The highest BCUT2D eigenvalue weighted by Gasteiger charge is 2.10. The van der Waals surface area contributed by atoms with Crippen molar-refractivity contribution in [3.8, 4) is 0 Å². The quantitative estimate of drug-likeness (QED) is 0.321. The first-order valence-electron chi connectivity index (χ1n) is 3.95. The summed E-state index contributed by atoms with van der Waals surface area (Å²) < 4.78 is 0. The first-order valence-corrected chi connectivity index (χ1v) is 3.95. The van der Waals surface area contributed by atoms with Gasteiger partial charge in [0.15, 0.2) is 5.69 Å². The number of benzene rings is 1. The number of hydrogen-bond acceptors (Lipinski definition) is 5. The van der Waals surface area contributed by atoms with Gasteiger partial charge in [-0.2, -0.15) is 0 Å². The molecule has 0 saturated carbocycles. The Labute approximate surface area is 84.4 Å². The molecule has 7 heteroatoms. The van der Waals surface area contributed by atoms with E-state index in [9.17, 15) is 20.2 Å². The van der Waals surface area contributed by atoms with Crippen LogP contribution in [0.4, 0.5) is 11.4 Å². The van der Waals surface area contributed by atoms with Crippen molar-refractivity contribution in [2.24, 2.45) is 4.99 Å². The van der Waals surface area contributed by atoms with Crippen LogP contribution in [0.3, 0.4) is 0 Å². The van der Waals surface area contributed by atoms with Gasteiger partial charge < -0.3 is 10.1 Å². The van der Waals surface area contributed by atoms with Crippen LogP contribution in [0.25, 0.3) is 0 Å². The normalized spacial score (nSPS) is 11.1. The number of non-ortho nitro benzene ring substituents is 1. The van der Waals surface area contributed by atoms with Crippen LogP contribution in [0.1, 0.15) is 6.92 Å². The third-order valence-corrected chi connectivity index (χ3v) is 1.60. The van der Waals surface area contributed by atoms with Crippen LogP contribution in [0, 0.1) is 20.2 Å². The maximum absolute atomic E-state index is 10.4. The smallest absolute Gasteiger partial charge is 0.336 e. The Kier molecular flexibility index (Phi) is 3.06. The predicted molar refractivity (Wildman–Crippen MR) is 52.9 cm³/mol. The Hall–Kier alpha value is -2.31. The van der Waals surface area contributed by atoms with Gasteiger partial charge in [-0.15, -0.1) is 0 Å². The lowest BCUT2D eigenvalue weighted by atomic mass is 10.3. The number of aliphatic imine (C=N–C) groups is 1. The first kappa shape index (κ1) is 10.8. The molecule has 0 saturated heterocycles. The Balaban J connectivity index is 3.06. The maximum atomic E-state index is 10.4. The second kappa shape index (κ2) is 4.27. The van der Waals surface area contributed by atoms with Crippen molar-refractivity contribution in [2.45, 2.75) is 6.92 Å². The number of rotatable bonds is 2. The molecule has 0 heterocycles. The van der Waals surface area contributed by atoms with E-state index in [0.29, 0.717) is 0 Å². The van der Waals surface area contributed by atoms with Gasteiger partial charge in [0.1, 0.15) is 0 Å². The molecule has 1 aromatic rings. The van der Waals surface area contributed by atoms with Gasteiger partial charge >= 0.3 is 5.84 Å². The van der Waals surface area contributed by atoms with Crippen molar-refractivity contribution in [1.29, 1.82) is 0 Å². The minimum Gasteiger partial charge on any atom is -0.358 e. The van der Waals surface area contributed by atoms with Crippen LogP contribution in [-0.2, 0) is 0 Å². The van der Waals surface area contributed by atoms with Crippen molar-refractivity contribution < 1.29 is 9.85 Å². The Morgan fingerprint density at radius 3 is 2.53 bits per heavy atom. The van der Waals surface area contributed by atoms with E-state index in [1.807, 2.05) is 0 Å². The van der Waals surface area contributed by atoms with Crippen LogP contribution < -0.4 is 0 Å². The van der Waals surface area contributed by atoms with Crippen LogP contribution in [0.15, 0.2) is 29.3 Å². The lowest BCUT2D eigenvalue weighted by Crippen LogP contribution is -2.05. The molecule has 0 spiro atoms. The molecule has 0 atom stereocenters. The molecule has 1 rings (SSSR count). The van der Waals surface area contributed by atoms with Gasteiger partial charge in [-0.25, -0.2) is 0 Å². The molecule has 78 valence electrons. The number of nitro benzene ring substituents is 1. The summed E-state index contributed by atoms with van der Waals surface area (Å²) in [5, 5.41) is 20.7. The van der Waals surface area contributed by atoms with E-state index >= 15 is 0 Å². The van der Waals surface area contributed by atoms with Gasteiger partial charge in [-0.1, -0.05) is 6.07 Å². The minimum atomic E-state index is -0.654. The molecule has 15 heavy (non-hydrogen) atoms. The lowest BCUT2D eigenvalue weighted by Gasteiger charge is -1.91. The summed E-state index contributed by atoms with van der Waals surface area (Å²) in [4.78, 5) is 23.0. The summed E-state index contributed by atoms with van der Waals surface area (Å²) in [6, 6.07) is 5.34. The highest BCUT2D eigenvalue weighted by atomic mass is 16.6. The lowest BCUT2D eigenvalue weighted by molar-refractivity contribution is -0.384. The standard InChI is InChI=1S/C8H7N3O4/c1-6(10(12)13)9-7-3-2-4-8(5-7)11(14)15/h2-5H,1H3. The van der Waals surface area contributed by atoms with Gasteiger partial charge in [0.2, 0.25) is 0 Å². The first-order chi connectivity index (χ1) is 7.00. The topological polar surface area (TPSA) is 98.6 Å². The average Bonchev–Trinajstić information content (AvgIpc) is 2.18. The molecule has 1 aromatic carbocycles. The van der Waals surface area contributed by atoms with Gasteiger partial charge in [0.25, 0.3) is 5.69 Å². The van der Waals surface area contributed by atoms with Crippen LogP contribution in [0.5, 0.6) is 0 Å². The fraction of sp³-hybridized carbons (Fsp3) is 0.125. The van der Waals surface area contributed by atoms with Gasteiger partial charge in [0, 0.05) is 13.0 Å². The molecule has 0 fully saturated rings. The molecule has 0 aliphatic rings. The van der Waals surface area contributed by atoms with Gasteiger partial charge in [0.05, 0.1) is 11.0 Å². The zero-order chi connectivity index (χ0) is 11.4. The van der Waals surface area contributed by atoms with Crippen molar-refractivity contribution in [1.82, 2.24) is 0 Å². The van der Waals surface area contributed by atoms with Gasteiger partial charge in [-0.05, 0) is 16.0 Å². The zero-order valence-electron chi connectivity index (χ0n) is 7.78. The van der Waals surface area contributed by atoms with Crippen molar-refractivity contribution in [3.63, 3.8) is 0 Å². The van der Waals surface area contributed by atoms with E-state index in [2.05, 4.69) is 4.99 Å². The summed E-state index contributed by atoms with van der Waals surface area (Å²) >= 11 is 0. The van der Waals surface area contributed by atoms with Crippen molar-refractivity contribution in [2.75, 3.05) is 0 Å². The molecule has 0 aliphatic carbocycles. The molecule has 0 bridgehead atoms. The maximum Gasteiger partial charge on any atom is 0.336 e. The second-order valence-corrected chi connectivity index (χ2v) is 2.69. The van der Waals surface area contributed by atoms with E-state index in [0.717, 1.165) is 0 Å². The van der Waals surface area contributed by atoms with E-state index in [1.54, 1.807) is 0 Å². The molecule has 0 amide bonds. The van der Waals surface area contributed by atoms with Crippen LogP contribution >= 0.6 is 0 Å². The minimum absolute atomic E-state index is 0.146. The van der Waals surface area contributed by atoms with Crippen molar-refractivity contribution in [3.05, 3.63) is 44.5 Å². The molecular formula is C8H7N3O4. The highest BCUT2D eigenvalue weighted by Crippen LogP contribution is 2.19. The summed E-state index contributed by atoms with van der Waals surface area (Å²) in [6.45, 7) is 1.22. The summed E-state index contributed by atoms with van der Waals surface area (Å²) in [5.74, 6) is -0.310. The summed E-state index contributed by atoms with van der Waals surface area (Å²) in [7, 11) is 0. The van der Waals surface area contributed by atoms with E-state index in [1.165, 1.54) is 31.2 Å². The fourth-order valence-electron chi connectivity index (χ4n) is 0.904. The largest absolute Gasteiger partial charge is 0.358 e. The average molecular weight is 209 g/mol. The van der Waals surface area contributed by atoms with Gasteiger partial charge in [-0.3, -0.25) is 10.1 Å². The van der Waals surface area contributed by atoms with Crippen molar-refractivity contribution >= 4 is 17.2 Å². The number of nitrogens with zero attached hydrogens (tertiary/aromatic N) is 3. The van der Waals surface area contributed by atoms with E-state index < -0.39 is 9.85 Å². The van der Waals surface area contributed by atoms with E-state index in [4.69, 9.17) is 0 Å². The summed E-state index contributed by atoms with van der Waals surface area (Å²) in [6.07, 6.45) is 0. The molecule has 0 aliphatic heterocycles. The monoisotopic (exact) mass is 209 g/mol. The number of nitro groups is 2. The second-order valence-electron chi connectivity index (χ2n) is 2.69. The number of amidine groups is 1. The highest BCUT2D eigenvalue weighted by molar-refractivity contribution is 5.75. The molecule has 0 aromatic heterocycles. The fourth-order valence-corrected chi connectivity index (χ4v) is 0.904. The zero-order valence-corrected chi connectivity index (χ0v) is 7.78. The predicted octanol–water partition coefficient (Wildman–Crippen LogP) is 1.92. The Morgan fingerprint density at radius 1 is 1.33 bits per heavy atom. The molecule has 0 N–H and O–H groups in total. The molecule has 0 radical (unpaired) electrons. The molecular weight excluding hydrogens is 202 g/mol. The number of hydrogen-bond donors (Lipinski definition) is 0. The SMILES string of the molecule is CC(=Nc1cccc([N+](=O)[O-])c1)[N+](=O)[O-]. The summed E-state index contributed by atoms with van der Waals surface area (Å²) in [5.41, 5.74) is 0.0470. The molecule has 7 nitrogen and oxygen atoms in total. The third kappa shape index (κ3) is 2.83. The van der Waals surface area contributed by atoms with E-state index in [-0.39, 0.29) is 17.2 Å².